The number of halogens is 2. The number of unbranched alkanes of at least 4 members (excludes halogenated alkanes) is 1. The van der Waals surface area contributed by atoms with Gasteiger partial charge in [-0.05, 0) is 31.5 Å². The van der Waals surface area contributed by atoms with Gasteiger partial charge < -0.3 is 5.32 Å². The minimum atomic E-state index is 0.687. The fraction of sp³-hybridized carbons (Fsp3) is 0.600. The van der Waals surface area contributed by atoms with E-state index in [1.165, 1.54) is 18.4 Å². The van der Waals surface area contributed by atoms with E-state index in [0.29, 0.717) is 11.8 Å². The van der Waals surface area contributed by atoms with Crippen molar-refractivity contribution < 1.29 is 0 Å². The number of nitrogens with zero attached hydrogens (tertiary/aromatic N) is 1. The zero-order valence-electron chi connectivity index (χ0n) is 11.5. The maximum Gasteiger partial charge on any atom is 0.0351 e. The van der Waals surface area contributed by atoms with Crippen molar-refractivity contribution in [2.75, 3.05) is 37.9 Å². The number of hydrogen-bond acceptors (Lipinski definition) is 2. The fourth-order valence-electron chi connectivity index (χ4n) is 2.01. The molecule has 0 aliphatic rings. The molecule has 0 spiro atoms. The van der Waals surface area contributed by atoms with Crippen LogP contribution in [0.3, 0.4) is 0 Å². The minimum absolute atomic E-state index is 0.687. The average Bonchev–Trinajstić information content (AvgIpc) is 2.44. The molecular weight excluding hydrogens is 279 g/mol. The molecular formula is C15H24Cl2N2. The summed E-state index contributed by atoms with van der Waals surface area (Å²) in [7, 11) is 0. The van der Waals surface area contributed by atoms with E-state index in [0.717, 1.165) is 32.7 Å². The number of benzene rings is 1. The lowest BCUT2D eigenvalue weighted by Gasteiger charge is -2.21. The zero-order chi connectivity index (χ0) is 13.8. The van der Waals surface area contributed by atoms with Crippen LogP contribution in [0.5, 0.6) is 0 Å². The second-order valence-electron chi connectivity index (χ2n) is 4.60. The molecule has 4 heteroatoms. The van der Waals surface area contributed by atoms with Crippen LogP contribution < -0.4 is 5.32 Å². The predicted octanol–water partition coefficient (Wildman–Crippen LogP) is 3.34. The van der Waals surface area contributed by atoms with E-state index in [4.69, 9.17) is 23.2 Å². The van der Waals surface area contributed by atoms with Crippen LogP contribution in [0.1, 0.15) is 18.4 Å². The van der Waals surface area contributed by atoms with E-state index in [1.807, 2.05) is 0 Å². The first-order chi connectivity index (χ1) is 9.36. The summed E-state index contributed by atoms with van der Waals surface area (Å²) in [4.78, 5) is 2.42. The van der Waals surface area contributed by atoms with E-state index in [-0.39, 0.29) is 0 Å². The van der Waals surface area contributed by atoms with Gasteiger partial charge in [-0.25, -0.2) is 0 Å². The molecule has 0 atom stereocenters. The van der Waals surface area contributed by atoms with Crippen molar-refractivity contribution in [3.8, 4) is 0 Å². The Bertz CT molecular complexity index is 306. The fourth-order valence-corrected chi connectivity index (χ4v) is 2.38. The number of alkyl halides is 2. The molecule has 0 aromatic heterocycles. The first-order valence-electron chi connectivity index (χ1n) is 6.95. The SMILES string of the molecule is ClCCNCCCCN(CCCl)Cc1ccccc1. The van der Waals surface area contributed by atoms with Crippen LogP contribution in [-0.4, -0.2) is 42.8 Å². The predicted molar refractivity (Wildman–Crippen MR) is 85.3 cm³/mol. The van der Waals surface area contributed by atoms with Crippen molar-refractivity contribution >= 4 is 23.2 Å². The Morgan fingerprint density at radius 1 is 0.895 bits per heavy atom. The van der Waals surface area contributed by atoms with Gasteiger partial charge >= 0.3 is 0 Å². The van der Waals surface area contributed by atoms with E-state index in [1.54, 1.807) is 0 Å². The molecule has 0 aliphatic carbocycles. The summed E-state index contributed by atoms with van der Waals surface area (Å²) in [5.74, 6) is 1.38. The van der Waals surface area contributed by atoms with Crippen LogP contribution in [0.15, 0.2) is 30.3 Å². The van der Waals surface area contributed by atoms with E-state index < -0.39 is 0 Å². The monoisotopic (exact) mass is 302 g/mol. The van der Waals surface area contributed by atoms with E-state index in [9.17, 15) is 0 Å². The first kappa shape index (κ1) is 16.8. The normalized spacial score (nSPS) is 11.1. The first-order valence-corrected chi connectivity index (χ1v) is 8.02. The second-order valence-corrected chi connectivity index (χ2v) is 5.35. The molecule has 1 aromatic rings. The Morgan fingerprint density at radius 2 is 1.68 bits per heavy atom. The highest BCUT2D eigenvalue weighted by Gasteiger charge is 2.04. The summed E-state index contributed by atoms with van der Waals surface area (Å²) in [5, 5.41) is 3.31. The Hall–Kier alpha value is -0.280. The highest BCUT2D eigenvalue weighted by molar-refractivity contribution is 6.18. The lowest BCUT2D eigenvalue weighted by Crippen LogP contribution is -2.27. The Balaban J connectivity index is 2.21. The standard InChI is InChI=1S/C15H24Cl2N2/c16-8-11-18-10-4-5-12-19(13-9-17)14-15-6-2-1-3-7-15/h1-3,6-7,18H,4-5,8-14H2. The summed E-state index contributed by atoms with van der Waals surface area (Å²) < 4.78 is 0. The lowest BCUT2D eigenvalue weighted by atomic mass is 10.2. The molecule has 0 saturated heterocycles. The van der Waals surface area contributed by atoms with Crippen LogP contribution >= 0.6 is 23.2 Å². The highest BCUT2D eigenvalue weighted by atomic mass is 35.5. The van der Waals surface area contributed by atoms with Gasteiger partial charge in [-0.3, -0.25) is 4.90 Å². The van der Waals surface area contributed by atoms with E-state index >= 15 is 0 Å². The molecule has 19 heavy (non-hydrogen) atoms. The summed E-state index contributed by atoms with van der Waals surface area (Å²) in [5.41, 5.74) is 1.35. The average molecular weight is 303 g/mol. The molecule has 1 rings (SSSR count). The van der Waals surface area contributed by atoms with Crippen LogP contribution in [-0.2, 0) is 6.54 Å². The molecule has 0 radical (unpaired) electrons. The lowest BCUT2D eigenvalue weighted by molar-refractivity contribution is 0.275. The second kappa shape index (κ2) is 11.5. The smallest absolute Gasteiger partial charge is 0.0351 e. The molecule has 1 N–H and O–H groups in total. The molecule has 108 valence electrons. The summed E-state index contributed by atoms with van der Waals surface area (Å²) in [6, 6.07) is 10.6. The molecule has 0 aliphatic heterocycles. The van der Waals surface area contributed by atoms with Crippen LogP contribution in [0.4, 0.5) is 0 Å². The van der Waals surface area contributed by atoms with Crippen molar-refractivity contribution in [1.82, 2.24) is 10.2 Å². The van der Waals surface area contributed by atoms with Gasteiger partial charge in [-0.2, -0.15) is 0 Å². The third kappa shape index (κ3) is 8.48. The van der Waals surface area contributed by atoms with Crippen LogP contribution in [0, 0.1) is 0 Å². The van der Waals surface area contributed by atoms with E-state index in [2.05, 4.69) is 40.5 Å². The van der Waals surface area contributed by atoms with Gasteiger partial charge in [-0.15, -0.1) is 23.2 Å². The van der Waals surface area contributed by atoms with Gasteiger partial charge in [0, 0.05) is 31.4 Å². The molecule has 0 heterocycles. The van der Waals surface area contributed by atoms with Crippen molar-refractivity contribution in [1.29, 1.82) is 0 Å². The number of nitrogens with one attached hydrogen (secondary N) is 1. The topological polar surface area (TPSA) is 15.3 Å². The maximum absolute atomic E-state index is 5.88. The Kier molecular flexibility index (Phi) is 10.2. The molecule has 0 amide bonds. The summed E-state index contributed by atoms with van der Waals surface area (Å²) in [6.45, 7) is 4.99. The van der Waals surface area contributed by atoms with Crippen molar-refractivity contribution in [2.45, 2.75) is 19.4 Å². The third-order valence-electron chi connectivity index (χ3n) is 3.00. The molecule has 0 unspecified atom stereocenters. The summed E-state index contributed by atoms with van der Waals surface area (Å²) >= 11 is 11.5. The Labute approximate surface area is 127 Å². The van der Waals surface area contributed by atoms with Gasteiger partial charge in [0.1, 0.15) is 0 Å². The molecule has 2 nitrogen and oxygen atoms in total. The zero-order valence-corrected chi connectivity index (χ0v) is 13.0. The van der Waals surface area contributed by atoms with Gasteiger partial charge in [0.25, 0.3) is 0 Å². The largest absolute Gasteiger partial charge is 0.316 e. The number of rotatable bonds is 11. The van der Waals surface area contributed by atoms with Gasteiger partial charge in [0.15, 0.2) is 0 Å². The summed E-state index contributed by atoms with van der Waals surface area (Å²) in [6.07, 6.45) is 2.38. The van der Waals surface area contributed by atoms with Crippen LogP contribution in [0.25, 0.3) is 0 Å². The number of hydrogen-bond donors (Lipinski definition) is 1. The van der Waals surface area contributed by atoms with Crippen LogP contribution in [0.2, 0.25) is 0 Å². The minimum Gasteiger partial charge on any atom is -0.316 e. The van der Waals surface area contributed by atoms with Crippen molar-refractivity contribution in [3.63, 3.8) is 0 Å². The molecule has 0 saturated carbocycles. The van der Waals surface area contributed by atoms with Crippen molar-refractivity contribution in [3.05, 3.63) is 35.9 Å². The molecule has 1 aromatic carbocycles. The van der Waals surface area contributed by atoms with Gasteiger partial charge in [-0.1, -0.05) is 30.3 Å². The third-order valence-corrected chi connectivity index (χ3v) is 3.36. The maximum atomic E-state index is 5.88. The Morgan fingerprint density at radius 3 is 2.37 bits per heavy atom. The highest BCUT2D eigenvalue weighted by Crippen LogP contribution is 2.06. The van der Waals surface area contributed by atoms with Gasteiger partial charge in [0.05, 0.1) is 0 Å². The quantitative estimate of drug-likeness (QED) is 0.498. The van der Waals surface area contributed by atoms with Gasteiger partial charge in [0.2, 0.25) is 0 Å². The molecule has 0 bridgehead atoms. The van der Waals surface area contributed by atoms with Crippen molar-refractivity contribution in [2.24, 2.45) is 0 Å². The molecule has 0 fully saturated rings.